The van der Waals surface area contributed by atoms with Crippen molar-refractivity contribution in [2.24, 2.45) is 16.8 Å². The van der Waals surface area contributed by atoms with Crippen LogP contribution in [0.25, 0.3) is 33.4 Å². The van der Waals surface area contributed by atoms with Crippen LogP contribution >= 0.6 is 0 Å². The molecular weight excluding hydrogens is 725 g/mol. The van der Waals surface area contributed by atoms with Crippen LogP contribution in [-0.2, 0) is 19.7 Å². The van der Waals surface area contributed by atoms with E-state index in [1.807, 2.05) is 112 Å². The first kappa shape index (κ1) is 39.9. The predicted molar refractivity (Wildman–Crippen MR) is 225 cm³/mol. The van der Waals surface area contributed by atoms with Crippen LogP contribution < -0.4 is 21.3 Å². The summed E-state index contributed by atoms with van der Waals surface area (Å²) >= 11 is 0. The maximum Gasteiger partial charge on any atom is 0.295 e. The number of aryl methyl sites for hydroxylation is 4. The number of nitrogens with one attached hydrogen (secondary N) is 3. The van der Waals surface area contributed by atoms with Crippen molar-refractivity contribution in [1.29, 1.82) is 0 Å². The maximum atomic E-state index is 12.7. The van der Waals surface area contributed by atoms with Crippen molar-refractivity contribution >= 4 is 61.3 Å². The molecule has 0 saturated carbocycles. The largest absolute Gasteiger partial charge is 0.456 e. The van der Waals surface area contributed by atoms with E-state index in [4.69, 9.17) is 9.41 Å². The van der Waals surface area contributed by atoms with Gasteiger partial charge in [0.2, 0.25) is 11.8 Å². The number of carbonyl (C=O) groups is 2. The van der Waals surface area contributed by atoms with Gasteiger partial charge in [-0.3, -0.25) is 14.1 Å². The van der Waals surface area contributed by atoms with E-state index in [2.05, 4.69) is 16.0 Å². The molecule has 2 amide bonds. The van der Waals surface area contributed by atoms with Gasteiger partial charge >= 0.3 is 0 Å². The normalized spacial score (nSPS) is 12.2. The number of anilines is 4. The third-order valence-electron chi connectivity index (χ3n) is 10.1. The second-order valence-corrected chi connectivity index (χ2v) is 16.5. The molecule has 0 radical (unpaired) electrons. The molecule has 4 N–H and O–H groups in total. The fourth-order valence-electron chi connectivity index (χ4n) is 7.13. The summed E-state index contributed by atoms with van der Waals surface area (Å²) in [7, 11) is -4.60. The van der Waals surface area contributed by atoms with Gasteiger partial charge in [0.25, 0.3) is 10.1 Å². The summed E-state index contributed by atoms with van der Waals surface area (Å²) in [4.78, 5) is 30.2. The first-order valence-corrected chi connectivity index (χ1v) is 20.0. The highest BCUT2D eigenvalue weighted by Gasteiger charge is 2.24. The molecule has 4 aromatic carbocycles. The Bertz CT molecular complexity index is 2710. The molecule has 1 aliphatic heterocycles. The molecule has 1 heterocycles. The fraction of sp³-hybridized carbons (Fsp3) is 0.267. The Balaban J connectivity index is 1.57. The molecular formula is C45H48N4O6S. The van der Waals surface area contributed by atoms with Gasteiger partial charge in [-0.15, -0.1) is 0 Å². The minimum Gasteiger partial charge on any atom is -0.456 e. The zero-order valence-electron chi connectivity index (χ0n) is 33.4. The summed E-state index contributed by atoms with van der Waals surface area (Å²) in [6.07, 6.45) is 0. The second kappa shape index (κ2) is 15.4. The van der Waals surface area contributed by atoms with Gasteiger partial charge in [0.1, 0.15) is 16.2 Å². The molecule has 0 unspecified atom stereocenters. The molecule has 0 atom stereocenters. The molecule has 4 aromatic rings. The van der Waals surface area contributed by atoms with Gasteiger partial charge in [-0.2, -0.15) is 8.42 Å². The van der Waals surface area contributed by atoms with Crippen LogP contribution in [0.5, 0.6) is 0 Å². The third-order valence-corrected chi connectivity index (χ3v) is 11.0. The van der Waals surface area contributed by atoms with E-state index in [0.717, 1.165) is 50.4 Å². The number of rotatable bonds is 9. The number of nitrogens with zero attached hydrogens (tertiary/aromatic N) is 1. The molecule has 11 heteroatoms. The van der Waals surface area contributed by atoms with Crippen molar-refractivity contribution in [1.82, 2.24) is 0 Å². The number of amides is 2. The van der Waals surface area contributed by atoms with Crippen LogP contribution in [0.1, 0.15) is 61.1 Å². The highest BCUT2D eigenvalue weighted by atomic mass is 32.2. The molecule has 2 aliphatic rings. The van der Waals surface area contributed by atoms with Crippen LogP contribution in [0, 0.1) is 53.4 Å². The lowest BCUT2D eigenvalue weighted by Gasteiger charge is -2.21. The molecule has 56 heavy (non-hydrogen) atoms. The lowest BCUT2D eigenvalue weighted by atomic mass is 9.93. The summed E-state index contributed by atoms with van der Waals surface area (Å²) in [5, 5.41) is 10.9. The van der Waals surface area contributed by atoms with E-state index < -0.39 is 10.1 Å². The average Bonchev–Trinajstić information content (AvgIpc) is 3.13. The van der Waals surface area contributed by atoms with Gasteiger partial charge in [-0.05, 0) is 105 Å². The Labute approximate surface area is 328 Å². The van der Waals surface area contributed by atoms with Crippen molar-refractivity contribution in [3.8, 4) is 22.5 Å². The second-order valence-electron chi connectivity index (χ2n) is 15.1. The van der Waals surface area contributed by atoms with Crippen molar-refractivity contribution in [3.63, 3.8) is 0 Å². The summed E-state index contributed by atoms with van der Waals surface area (Å²) < 4.78 is 42.4. The standard InChI is InChI=1S/C45H48N4O6S/c1-23(2)44(50)48-42-27(7)19-25(5)40(29(42)9)46-31-15-17-33-36(21-31)55-37-22-32(16-18-34(37)39(33)35-13-11-12-14-38(35)56(52,53)54)47-41-26(6)20-28(8)43(30(41)10)49-45(51)24(3)4/h11-24,46H,1-10H3,(H,48,50)(H,49,51)(H,52,53,54)/b47-32-. The SMILES string of the molecule is Cc1cc(C)c(NC(=O)C(C)C)c(C)c1/N=c1/ccc2c(-c3ccccc3S(=O)(=O)O)c3ccc(Nc4c(C)cc(C)c(NC(=O)C(C)C)c4C)cc3oc-2c1. The van der Waals surface area contributed by atoms with E-state index in [0.29, 0.717) is 50.2 Å². The molecule has 0 spiro atoms. The predicted octanol–water partition coefficient (Wildman–Crippen LogP) is 10.5. The molecule has 6 rings (SSSR count). The molecule has 1 aliphatic carbocycles. The van der Waals surface area contributed by atoms with Gasteiger partial charge in [0.05, 0.1) is 11.0 Å². The summed E-state index contributed by atoms with van der Waals surface area (Å²) in [6.45, 7) is 19.2. The first-order valence-electron chi connectivity index (χ1n) is 18.6. The number of fused-ring (bicyclic) bond motifs is 2. The number of benzene rings is 5. The summed E-state index contributed by atoms with van der Waals surface area (Å²) in [6, 6.07) is 21.4. The quantitative estimate of drug-likeness (QED) is 0.0844. The topological polar surface area (TPSA) is 150 Å². The molecule has 0 bridgehead atoms. The highest BCUT2D eigenvalue weighted by Crippen LogP contribution is 2.43. The van der Waals surface area contributed by atoms with Crippen LogP contribution in [-0.4, -0.2) is 24.8 Å². The van der Waals surface area contributed by atoms with Crippen molar-refractivity contribution in [2.75, 3.05) is 16.0 Å². The van der Waals surface area contributed by atoms with Crippen molar-refractivity contribution in [2.45, 2.75) is 74.1 Å². The fourth-order valence-corrected chi connectivity index (χ4v) is 7.83. The molecule has 0 fully saturated rings. The van der Waals surface area contributed by atoms with Gasteiger partial charge in [-0.1, -0.05) is 58.0 Å². The zero-order valence-corrected chi connectivity index (χ0v) is 34.2. The van der Waals surface area contributed by atoms with E-state index in [1.54, 1.807) is 24.3 Å². The maximum absolute atomic E-state index is 12.7. The van der Waals surface area contributed by atoms with Gasteiger partial charge in [0, 0.05) is 68.8 Å². The third kappa shape index (κ3) is 7.82. The van der Waals surface area contributed by atoms with Crippen LogP contribution in [0.15, 0.2) is 87.1 Å². The van der Waals surface area contributed by atoms with E-state index >= 15 is 0 Å². The van der Waals surface area contributed by atoms with Gasteiger partial charge < -0.3 is 20.4 Å². The lowest BCUT2D eigenvalue weighted by molar-refractivity contribution is -0.119. The lowest BCUT2D eigenvalue weighted by Crippen LogP contribution is -2.19. The van der Waals surface area contributed by atoms with Crippen molar-refractivity contribution in [3.05, 3.63) is 112 Å². The average molecular weight is 773 g/mol. The van der Waals surface area contributed by atoms with Gasteiger partial charge in [-0.25, -0.2) is 4.99 Å². The van der Waals surface area contributed by atoms with E-state index in [-0.39, 0.29) is 28.5 Å². The van der Waals surface area contributed by atoms with Crippen LogP contribution in [0.3, 0.4) is 0 Å². The minimum atomic E-state index is -4.60. The summed E-state index contributed by atoms with van der Waals surface area (Å²) in [5.74, 6) is -0.0924. The Kier molecular flexibility index (Phi) is 11.0. The Morgan fingerprint density at radius 2 is 1.27 bits per heavy atom. The van der Waals surface area contributed by atoms with E-state index in [1.165, 1.54) is 6.07 Å². The van der Waals surface area contributed by atoms with Crippen LogP contribution in [0.2, 0.25) is 0 Å². The minimum absolute atomic E-state index is 0.0720. The Morgan fingerprint density at radius 3 is 1.89 bits per heavy atom. The molecule has 10 nitrogen and oxygen atoms in total. The molecule has 290 valence electrons. The van der Waals surface area contributed by atoms with Crippen molar-refractivity contribution < 1.29 is 27.0 Å². The number of hydrogen-bond donors (Lipinski definition) is 4. The van der Waals surface area contributed by atoms with Gasteiger partial charge in [0.15, 0.2) is 0 Å². The first-order chi connectivity index (χ1) is 26.3. The Hall–Kier alpha value is -5.78. The molecule has 0 saturated heterocycles. The zero-order chi connectivity index (χ0) is 40.8. The van der Waals surface area contributed by atoms with Crippen LogP contribution in [0.4, 0.5) is 28.4 Å². The smallest absolute Gasteiger partial charge is 0.295 e. The number of hydrogen-bond acceptors (Lipinski definition) is 7. The molecule has 0 aromatic heterocycles. The summed E-state index contributed by atoms with van der Waals surface area (Å²) in [5.41, 5.74) is 11.2. The highest BCUT2D eigenvalue weighted by molar-refractivity contribution is 7.86. The van der Waals surface area contributed by atoms with E-state index in [9.17, 15) is 22.6 Å². The Morgan fingerprint density at radius 1 is 0.679 bits per heavy atom. The monoisotopic (exact) mass is 772 g/mol. The number of carbonyl (C=O) groups excluding carboxylic acids is 2.